The van der Waals surface area contributed by atoms with E-state index in [1.54, 1.807) is 0 Å². The molecule has 12 rings (SSSR count). The van der Waals surface area contributed by atoms with Crippen molar-refractivity contribution in [2.75, 3.05) is 0 Å². The normalized spacial score (nSPS) is 11.5. The van der Waals surface area contributed by atoms with Crippen molar-refractivity contribution in [3.8, 4) is 79.0 Å². The molecule has 12 aromatic rings. The summed E-state index contributed by atoms with van der Waals surface area (Å²) in [6.45, 7) is 0. The quantitative estimate of drug-likeness (QED) is 0.160. The van der Waals surface area contributed by atoms with Gasteiger partial charge < -0.3 is 4.42 Å². The predicted octanol–water partition coefficient (Wildman–Crippen LogP) is 15.2. The highest BCUT2D eigenvalue weighted by atomic mass is 32.1. The molecule has 0 radical (unpaired) electrons. The van der Waals surface area contributed by atoms with Crippen LogP contribution in [0.5, 0.6) is 0 Å². The van der Waals surface area contributed by atoms with Crippen LogP contribution in [0.4, 0.5) is 0 Å². The zero-order valence-electron chi connectivity index (χ0n) is 33.2. The van der Waals surface area contributed by atoms with Gasteiger partial charge in [0.25, 0.3) is 0 Å². The summed E-state index contributed by atoms with van der Waals surface area (Å²) in [6.07, 6.45) is 0. The summed E-state index contributed by atoms with van der Waals surface area (Å²) in [5.74, 6) is 2.70. The Labute approximate surface area is 361 Å². The summed E-state index contributed by atoms with van der Waals surface area (Å²) in [6, 6.07) is 71.4. The highest BCUT2D eigenvalue weighted by molar-refractivity contribution is 7.26. The third kappa shape index (κ3) is 6.16. The van der Waals surface area contributed by atoms with E-state index in [4.69, 9.17) is 24.4 Å². The van der Waals surface area contributed by atoms with Gasteiger partial charge in [-0.25, -0.2) is 19.9 Å². The molecular formula is C56H34N4OS. The molecule has 0 fully saturated rings. The van der Waals surface area contributed by atoms with Gasteiger partial charge in [-0.05, 0) is 53.1 Å². The second-order valence-corrected chi connectivity index (χ2v) is 16.4. The number of hydrogen-bond acceptors (Lipinski definition) is 6. The van der Waals surface area contributed by atoms with Gasteiger partial charge in [0.05, 0.1) is 16.6 Å². The minimum Gasteiger partial charge on any atom is -0.455 e. The molecule has 0 amide bonds. The molecule has 0 aliphatic carbocycles. The van der Waals surface area contributed by atoms with E-state index in [2.05, 4.69) is 133 Å². The first kappa shape index (κ1) is 35.8. The fraction of sp³-hybridized carbons (Fsp3) is 0. The van der Waals surface area contributed by atoms with E-state index in [0.29, 0.717) is 17.5 Å². The highest BCUT2D eigenvalue weighted by Crippen LogP contribution is 2.50. The number of thiophene rings is 1. The maximum atomic E-state index is 7.28. The van der Waals surface area contributed by atoms with E-state index in [0.717, 1.165) is 83.4 Å². The molecule has 8 aromatic carbocycles. The van der Waals surface area contributed by atoms with Crippen LogP contribution in [0.25, 0.3) is 121 Å². The molecule has 0 atom stereocenters. The second kappa shape index (κ2) is 14.9. The lowest BCUT2D eigenvalue weighted by molar-refractivity contribution is 0.636. The van der Waals surface area contributed by atoms with E-state index < -0.39 is 0 Å². The number of benzene rings is 8. The molecule has 4 aromatic heterocycles. The summed E-state index contributed by atoms with van der Waals surface area (Å²) in [4.78, 5) is 20.4. The average molecular weight is 811 g/mol. The fourth-order valence-electron chi connectivity index (χ4n) is 8.61. The molecule has 0 aliphatic heterocycles. The van der Waals surface area contributed by atoms with Crippen molar-refractivity contribution in [3.05, 3.63) is 206 Å². The number of aromatic nitrogens is 4. The number of hydrogen-bond donors (Lipinski definition) is 0. The minimum absolute atomic E-state index is 0.612. The monoisotopic (exact) mass is 810 g/mol. The van der Waals surface area contributed by atoms with Crippen LogP contribution in [-0.2, 0) is 0 Å². The van der Waals surface area contributed by atoms with Gasteiger partial charge in [-0.3, -0.25) is 0 Å². The van der Waals surface area contributed by atoms with Crippen LogP contribution in [0.15, 0.2) is 211 Å². The van der Waals surface area contributed by atoms with Crippen LogP contribution in [0.1, 0.15) is 0 Å². The summed E-state index contributed by atoms with van der Waals surface area (Å²) >= 11 is 1.81. The maximum absolute atomic E-state index is 7.28. The topological polar surface area (TPSA) is 64.7 Å². The van der Waals surface area contributed by atoms with Crippen molar-refractivity contribution in [2.24, 2.45) is 0 Å². The van der Waals surface area contributed by atoms with E-state index in [-0.39, 0.29) is 0 Å². The summed E-state index contributed by atoms with van der Waals surface area (Å²) < 4.78 is 9.72. The summed E-state index contributed by atoms with van der Waals surface area (Å²) in [7, 11) is 0. The average Bonchev–Trinajstić information content (AvgIpc) is 3.95. The molecule has 0 spiro atoms. The first-order valence-corrected chi connectivity index (χ1v) is 21.4. The van der Waals surface area contributed by atoms with Crippen LogP contribution >= 0.6 is 11.3 Å². The Morgan fingerprint density at radius 1 is 0.371 bits per heavy atom. The van der Waals surface area contributed by atoms with E-state index in [9.17, 15) is 0 Å². The van der Waals surface area contributed by atoms with Crippen LogP contribution in [0.3, 0.4) is 0 Å². The molecule has 6 heteroatoms. The Hall–Kier alpha value is -8.06. The molecule has 290 valence electrons. The van der Waals surface area contributed by atoms with Gasteiger partial charge in [-0.15, -0.1) is 11.3 Å². The molecule has 62 heavy (non-hydrogen) atoms. The largest absolute Gasteiger partial charge is 0.455 e. The lowest BCUT2D eigenvalue weighted by atomic mass is 9.92. The van der Waals surface area contributed by atoms with Crippen molar-refractivity contribution in [2.45, 2.75) is 0 Å². The standard InChI is InChI=1S/C56H34N4OS/c1-4-17-35(18-5-1)50-49-48(52(61-51(49)44-28-10-12-31-46(44)57-50)45-30-16-29-43-42-27-11-13-32-47(42)62-53(43)45)40-25-14-23-38(33-40)39-24-15-26-41(34-39)56-59-54(36-19-6-2-7-20-36)58-55(60-56)37-21-8-3-9-22-37/h1-34H. The van der Waals surface area contributed by atoms with Crippen molar-refractivity contribution < 1.29 is 4.42 Å². The van der Waals surface area contributed by atoms with Gasteiger partial charge in [-0.1, -0.05) is 170 Å². The first-order chi connectivity index (χ1) is 30.7. The molecule has 0 saturated heterocycles. The van der Waals surface area contributed by atoms with Crippen LogP contribution in [0.2, 0.25) is 0 Å². The summed E-state index contributed by atoms with van der Waals surface area (Å²) in [5.41, 5.74) is 11.6. The Bertz CT molecular complexity index is 3580. The van der Waals surface area contributed by atoms with Gasteiger partial charge in [0.1, 0.15) is 11.3 Å². The van der Waals surface area contributed by atoms with Crippen molar-refractivity contribution in [3.63, 3.8) is 0 Å². The number of furan rings is 1. The van der Waals surface area contributed by atoms with Crippen LogP contribution in [0, 0.1) is 0 Å². The molecule has 0 saturated carbocycles. The molecule has 0 aliphatic rings. The predicted molar refractivity (Wildman–Crippen MR) is 256 cm³/mol. The molecule has 4 heterocycles. The highest BCUT2D eigenvalue weighted by Gasteiger charge is 2.26. The Morgan fingerprint density at radius 2 is 0.871 bits per heavy atom. The third-order valence-corrected chi connectivity index (χ3v) is 12.7. The SMILES string of the molecule is c1ccc(-c2nc(-c3ccccc3)nc(-c3cccc(-c4cccc(-c5c(-c6cccc7c6sc6ccccc67)oc6c5c(-c5ccccc5)nc5ccccc56)c4)c3)n2)cc1. The smallest absolute Gasteiger partial charge is 0.164 e. The molecule has 0 bridgehead atoms. The second-order valence-electron chi connectivity index (χ2n) is 15.3. The van der Waals surface area contributed by atoms with Gasteiger partial charge in [0, 0.05) is 58.9 Å². The van der Waals surface area contributed by atoms with Crippen molar-refractivity contribution >= 4 is 53.4 Å². The molecule has 5 nitrogen and oxygen atoms in total. The van der Waals surface area contributed by atoms with Gasteiger partial charge in [0.15, 0.2) is 17.5 Å². The Balaban J connectivity index is 1.08. The number of pyridine rings is 1. The van der Waals surface area contributed by atoms with E-state index in [1.165, 1.54) is 20.2 Å². The van der Waals surface area contributed by atoms with Gasteiger partial charge in [-0.2, -0.15) is 0 Å². The van der Waals surface area contributed by atoms with Crippen LogP contribution in [-0.4, -0.2) is 19.9 Å². The number of fused-ring (bicyclic) bond motifs is 6. The van der Waals surface area contributed by atoms with E-state index >= 15 is 0 Å². The van der Waals surface area contributed by atoms with Crippen molar-refractivity contribution in [1.29, 1.82) is 0 Å². The van der Waals surface area contributed by atoms with Gasteiger partial charge in [0.2, 0.25) is 0 Å². The lowest BCUT2D eigenvalue weighted by Crippen LogP contribution is -2.00. The molecular weight excluding hydrogens is 777 g/mol. The summed E-state index contributed by atoms with van der Waals surface area (Å²) in [5, 5.41) is 4.43. The lowest BCUT2D eigenvalue weighted by Gasteiger charge is -2.12. The maximum Gasteiger partial charge on any atom is 0.164 e. The first-order valence-electron chi connectivity index (χ1n) is 20.6. The minimum atomic E-state index is 0.612. The Kier molecular flexibility index (Phi) is 8.61. The number of para-hydroxylation sites is 1. The molecule has 0 N–H and O–H groups in total. The molecule has 0 unspecified atom stereocenters. The zero-order valence-corrected chi connectivity index (χ0v) is 34.1. The number of nitrogens with zero attached hydrogens (tertiary/aromatic N) is 4. The van der Waals surface area contributed by atoms with Crippen LogP contribution < -0.4 is 0 Å². The number of rotatable bonds is 7. The zero-order chi connectivity index (χ0) is 41.0. The Morgan fingerprint density at radius 3 is 1.56 bits per heavy atom. The third-order valence-electron chi connectivity index (χ3n) is 11.5. The van der Waals surface area contributed by atoms with E-state index in [1.807, 2.05) is 84.1 Å². The fourth-order valence-corrected chi connectivity index (χ4v) is 9.83. The van der Waals surface area contributed by atoms with Gasteiger partial charge >= 0.3 is 0 Å². The van der Waals surface area contributed by atoms with Crippen molar-refractivity contribution in [1.82, 2.24) is 19.9 Å².